The van der Waals surface area contributed by atoms with Crippen LogP contribution in [0.25, 0.3) is 0 Å². The number of ketones is 1. The SMILES string of the molecule is Cc1ccc(C(=O)C2CCN(C(=O)c3ccc(C)cc3O)CC2)cc1. The maximum Gasteiger partial charge on any atom is 0.257 e. The molecule has 0 radical (unpaired) electrons. The van der Waals surface area contributed by atoms with Crippen LogP contribution in [-0.2, 0) is 0 Å². The Morgan fingerprint density at radius 1 is 0.960 bits per heavy atom. The van der Waals surface area contributed by atoms with Gasteiger partial charge in [-0.2, -0.15) is 0 Å². The van der Waals surface area contributed by atoms with E-state index in [9.17, 15) is 14.7 Å². The highest BCUT2D eigenvalue weighted by Gasteiger charge is 2.29. The molecule has 0 atom stereocenters. The van der Waals surface area contributed by atoms with Crippen molar-refractivity contribution in [2.24, 2.45) is 5.92 Å². The summed E-state index contributed by atoms with van der Waals surface area (Å²) in [5.41, 5.74) is 3.12. The number of amides is 1. The highest BCUT2D eigenvalue weighted by molar-refractivity contribution is 5.99. The molecule has 1 fully saturated rings. The number of carbonyl (C=O) groups excluding carboxylic acids is 2. The molecule has 1 aliphatic rings. The van der Waals surface area contributed by atoms with Crippen LogP contribution in [0, 0.1) is 19.8 Å². The highest BCUT2D eigenvalue weighted by Crippen LogP contribution is 2.26. The molecule has 0 aromatic heterocycles. The second-order valence-electron chi connectivity index (χ2n) is 6.82. The summed E-state index contributed by atoms with van der Waals surface area (Å²) in [6.45, 7) is 4.94. The molecular weight excluding hydrogens is 314 g/mol. The molecule has 0 aliphatic carbocycles. The van der Waals surface area contributed by atoms with Crippen molar-refractivity contribution < 1.29 is 14.7 Å². The minimum Gasteiger partial charge on any atom is -0.507 e. The summed E-state index contributed by atoms with van der Waals surface area (Å²) in [7, 11) is 0. The van der Waals surface area contributed by atoms with Crippen molar-refractivity contribution in [3.63, 3.8) is 0 Å². The zero-order chi connectivity index (χ0) is 18.0. The standard InChI is InChI=1S/C21H23NO3/c1-14-3-6-16(7-4-14)20(24)17-9-11-22(12-10-17)21(25)18-8-5-15(2)13-19(18)23/h3-8,13,17,23H,9-12H2,1-2H3. The number of aromatic hydroxyl groups is 1. The molecule has 4 heteroatoms. The summed E-state index contributed by atoms with van der Waals surface area (Å²) in [5, 5.41) is 10.0. The number of hydrogen-bond acceptors (Lipinski definition) is 3. The minimum absolute atomic E-state index is 0.0165. The Labute approximate surface area is 148 Å². The molecule has 1 heterocycles. The van der Waals surface area contributed by atoms with E-state index in [1.54, 1.807) is 17.0 Å². The maximum atomic E-state index is 12.6. The first-order chi connectivity index (χ1) is 12.0. The van der Waals surface area contributed by atoms with Gasteiger partial charge >= 0.3 is 0 Å². The lowest BCUT2D eigenvalue weighted by molar-refractivity contribution is 0.0648. The smallest absolute Gasteiger partial charge is 0.257 e. The highest BCUT2D eigenvalue weighted by atomic mass is 16.3. The van der Waals surface area contributed by atoms with Crippen molar-refractivity contribution in [1.82, 2.24) is 4.90 Å². The van der Waals surface area contributed by atoms with Crippen molar-refractivity contribution in [2.45, 2.75) is 26.7 Å². The van der Waals surface area contributed by atoms with Crippen molar-refractivity contribution in [3.05, 3.63) is 64.7 Å². The molecule has 130 valence electrons. The second-order valence-corrected chi connectivity index (χ2v) is 6.82. The zero-order valence-electron chi connectivity index (χ0n) is 14.7. The van der Waals surface area contributed by atoms with Crippen LogP contribution in [0.5, 0.6) is 5.75 Å². The molecule has 1 saturated heterocycles. The van der Waals surface area contributed by atoms with Crippen molar-refractivity contribution in [2.75, 3.05) is 13.1 Å². The van der Waals surface area contributed by atoms with E-state index in [1.165, 1.54) is 0 Å². The Bertz CT molecular complexity index is 787. The van der Waals surface area contributed by atoms with Crippen LogP contribution in [0.1, 0.15) is 44.7 Å². The van der Waals surface area contributed by atoms with E-state index >= 15 is 0 Å². The Morgan fingerprint density at radius 2 is 1.56 bits per heavy atom. The topological polar surface area (TPSA) is 57.6 Å². The molecular formula is C21H23NO3. The summed E-state index contributed by atoms with van der Waals surface area (Å²) in [5.74, 6) is -0.0368. The second kappa shape index (κ2) is 7.09. The van der Waals surface area contributed by atoms with Crippen LogP contribution >= 0.6 is 0 Å². The lowest BCUT2D eigenvalue weighted by Gasteiger charge is -2.31. The number of phenolic OH excluding ortho intramolecular Hbond substituents is 1. The van der Waals surface area contributed by atoms with Gasteiger partial charge in [-0.15, -0.1) is 0 Å². The number of rotatable bonds is 3. The zero-order valence-corrected chi connectivity index (χ0v) is 14.7. The third-order valence-corrected chi connectivity index (χ3v) is 4.87. The molecule has 1 amide bonds. The van der Waals surface area contributed by atoms with Gasteiger partial charge in [-0.1, -0.05) is 35.9 Å². The molecule has 2 aromatic rings. The van der Waals surface area contributed by atoms with Crippen LogP contribution in [0.3, 0.4) is 0 Å². The molecule has 25 heavy (non-hydrogen) atoms. The van der Waals surface area contributed by atoms with Crippen molar-refractivity contribution in [3.8, 4) is 5.75 Å². The largest absolute Gasteiger partial charge is 0.507 e. The number of likely N-dealkylation sites (tertiary alicyclic amines) is 1. The molecule has 0 spiro atoms. The summed E-state index contributed by atoms with van der Waals surface area (Å²) < 4.78 is 0. The van der Waals surface area contributed by atoms with Gasteiger partial charge in [0.1, 0.15) is 5.75 Å². The van der Waals surface area contributed by atoms with E-state index in [-0.39, 0.29) is 23.4 Å². The summed E-state index contributed by atoms with van der Waals surface area (Å²) >= 11 is 0. The molecule has 3 rings (SSSR count). The number of aryl methyl sites for hydroxylation is 2. The van der Waals surface area contributed by atoms with Crippen LogP contribution < -0.4 is 0 Å². The average Bonchev–Trinajstić information content (AvgIpc) is 2.61. The van der Waals surface area contributed by atoms with Crippen LogP contribution in [0.4, 0.5) is 0 Å². The number of nitrogens with zero attached hydrogens (tertiary/aromatic N) is 1. The number of benzene rings is 2. The van der Waals surface area contributed by atoms with E-state index in [4.69, 9.17) is 0 Å². The van der Waals surface area contributed by atoms with Gasteiger partial charge in [-0.05, 0) is 44.4 Å². The Morgan fingerprint density at radius 3 is 2.16 bits per heavy atom. The fourth-order valence-electron chi connectivity index (χ4n) is 3.29. The predicted octanol–water partition coefficient (Wildman–Crippen LogP) is 3.74. The van der Waals surface area contributed by atoms with E-state index in [2.05, 4.69) is 0 Å². The van der Waals surface area contributed by atoms with Crippen LogP contribution in [0.2, 0.25) is 0 Å². The third-order valence-electron chi connectivity index (χ3n) is 4.87. The molecule has 1 aliphatic heterocycles. The first-order valence-electron chi connectivity index (χ1n) is 8.65. The Balaban J connectivity index is 1.64. The van der Waals surface area contributed by atoms with Crippen LogP contribution in [0.15, 0.2) is 42.5 Å². The van der Waals surface area contributed by atoms with Gasteiger partial charge in [-0.25, -0.2) is 0 Å². The lowest BCUT2D eigenvalue weighted by Crippen LogP contribution is -2.40. The molecule has 4 nitrogen and oxygen atoms in total. The van der Waals surface area contributed by atoms with Gasteiger partial charge < -0.3 is 10.0 Å². The quantitative estimate of drug-likeness (QED) is 0.868. The van der Waals surface area contributed by atoms with Gasteiger partial charge in [0.05, 0.1) is 5.56 Å². The van der Waals surface area contributed by atoms with Gasteiger partial charge in [0.2, 0.25) is 0 Å². The van der Waals surface area contributed by atoms with Gasteiger partial charge in [-0.3, -0.25) is 9.59 Å². The number of hydrogen-bond donors (Lipinski definition) is 1. The number of piperidine rings is 1. The third kappa shape index (κ3) is 3.73. The van der Waals surface area contributed by atoms with Crippen molar-refractivity contribution in [1.29, 1.82) is 0 Å². The lowest BCUT2D eigenvalue weighted by atomic mass is 9.88. The molecule has 0 saturated carbocycles. The Hall–Kier alpha value is -2.62. The monoisotopic (exact) mass is 337 g/mol. The van der Waals surface area contributed by atoms with Gasteiger partial charge in [0.15, 0.2) is 5.78 Å². The van der Waals surface area contributed by atoms with Gasteiger partial charge in [0, 0.05) is 24.6 Å². The van der Waals surface area contributed by atoms with E-state index in [1.807, 2.05) is 44.2 Å². The Kier molecular flexibility index (Phi) is 4.88. The van der Waals surface area contributed by atoms with Gasteiger partial charge in [0.25, 0.3) is 5.91 Å². The average molecular weight is 337 g/mol. The van der Waals surface area contributed by atoms with E-state index in [0.29, 0.717) is 31.5 Å². The number of carbonyl (C=O) groups is 2. The number of Topliss-reactive ketones (excluding diaryl/α,β-unsaturated/α-hetero) is 1. The first kappa shape index (κ1) is 17.2. The van der Waals surface area contributed by atoms with E-state index in [0.717, 1.165) is 16.7 Å². The number of phenols is 1. The fraction of sp³-hybridized carbons (Fsp3) is 0.333. The predicted molar refractivity (Wildman–Crippen MR) is 97.0 cm³/mol. The minimum atomic E-state index is -0.168. The fourth-order valence-corrected chi connectivity index (χ4v) is 3.29. The molecule has 1 N–H and O–H groups in total. The molecule has 0 unspecified atom stereocenters. The summed E-state index contributed by atoms with van der Waals surface area (Å²) in [4.78, 5) is 26.9. The molecule has 0 bridgehead atoms. The molecule has 2 aromatic carbocycles. The maximum absolute atomic E-state index is 12.6. The normalized spacial score (nSPS) is 15.2. The van der Waals surface area contributed by atoms with Crippen LogP contribution in [-0.4, -0.2) is 34.8 Å². The summed E-state index contributed by atoms with van der Waals surface area (Å²) in [6, 6.07) is 12.7. The van der Waals surface area contributed by atoms with E-state index < -0.39 is 0 Å². The van der Waals surface area contributed by atoms with Crippen molar-refractivity contribution >= 4 is 11.7 Å². The summed E-state index contributed by atoms with van der Waals surface area (Å²) in [6.07, 6.45) is 1.32. The first-order valence-corrected chi connectivity index (χ1v) is 8.65.